The molecular weight excluding hydrogens is 200 g/mol. The molecule has 0 aromatic rings. The Labute approximate surface area is 99.7 Å². The summed E-state index contributed by atoms with van der Waals surface area (Å²) >= 11 is 0. The summed E-state index contributed by atoms with van der Waals surface area (Å²) in [6.07, 6.45) is 6.13. The molecule has 0 aliphatic carbocycles. The standard InChI is InChI=1S/C13H26N2O/c1-5-6-7-9-14-12(4)13(16)15-10-8-11(2)3/h5-6,11-12,14H,7-10H2,1-4H3,(H,15,16)/b6-5+. The zero-order valence-corrected chi connectivity index (χ0v) is 11.0. The van der Waals surface area contributed by atoms with Crippen LogP contribution < -0.4 is 10.6 Å². The van der Waals surface area contributed by atoms with Gasteiger partial charge in [-0.25, -0.2) is 0 Å². The average molecular weight is 226 g/mol. The Morgan fingerprint density at radius 3 is 2.50 bits per heavy atom. The minimum absolute atomic E-state index is 0.0983. The quantitative estimate of drug-likeness (QED) is 0.491. The summed E-state index contributed by atoms with van der Waals surface area (Å²) in [5.41, 5.74) is 0. The first-order chi connectivity index (χ1) is 7.57. The zero-order valence-electron chi connectivity index (χ0n) is 11.0. The third kappa shape index (κ3) is 8.48. The Balaban J connectivity index is 3.57. The molecule has 0 bridgehead atoms. The van der Waals surface area contributed by atoms with Crippen LogP contribution in [0.15, 0.2) is 12.2 Å². The Hall–Kier alpha value is -0.830. The van der Waals surface area contributed by atoms with E-state index in [4.69, 9.17) is 0 Å². The lowest BCUT2D eigenvalue weighted by Gasteiger charge is -2.14. The van der Waals surface area contributed by atoms with E-state index < -0.39 is 0 Å². The third-order valence-electron chi connectivity index (χ3n) is 2.41. The number of amides is 1. The number of hydrogen-bond donors (Lipinski definition) is 2. The molecule has 0 aliphatic heterocycles. The zero-order chi connectivity index (χ0) is 12.4. The van der Waals surface area contributed by atoms with Gasteiger partial charge in [-0.3, -0.25) is 4.79 Å². The monoisotopic (exact) mass is 226 g/mol. The van der Waals surface area contributed by atoms with Crippen LogP contribution in [0, 0.1) is 5.92 Å². The third-order valence-corrected chi connectivity index (χ3v) is 2.41. The van der Waals surface area contributed by atoms with Gasteiger partial charge in [-0.15, -0.1) is 0 Å². The highest BCUT2D eigenvalue weighted by Crippen LogP contribution is 1.96. The molecule has 0 rings (SSSR count). The fraction of sp³-hybridized carbons (Fsp3) is 0.769. The van der Waals surface area contributed by atoms with E-state index in [1.165, 1.54) is 0 Å². The lowest BCUT2D eigenvalue weighted by Crippen LogP contribution is -2.42. The summed E-state index contributed by atoms with van der Waals surface area (Å²) in [7, 11) is 0. The first kappa shape index (κ1) is 15.2. The van der Waals surface area contributed by atoms with Crippen molar-refractivity contribution in [3.63, 3.8) is 0 Å². The predicted octanol–water partition coefficient (Wildman–Crippen LogP) is 2.09. The molecule has 16 heavy (non-hydrogen) atoms. The fourth-order valence-corrected chi connectivity index (χ4v) is 1.28. The maximum atomic E-state index is 11.6. The Morgan fingerprint density at radius 1 is 1.25 bits per heavy atom. The van der Waals surface area contributed by atoms with E-state index in [-0.39, 0.29) is 11.9 Å². The van der Waals surface area contributed by atoms with Crippen LogP contribution in [-0.2, 0) is 4.79 Å². The van der Waals surface area contributed by atoms with Crippen molar-refractivity contribution in [1.29, 1.82) is 0 Å². The normalized spacial score (nSPS) is 13.3. The fourth-order valence-electron chi connectivity index (χ4n) is 1.28. The summed E-state index contributed by atoms with van der Waals surface area (Å²) in [5, 5.41) is 6.13. The van der Waals surface area contributed by atoms with Crippen LogP contribution in [0.2, 0.25) is 0 Å². The van der Waals surface area contributed by atoms with E-state index >= 15 is 0 Å². The Bertz CT molecular complexity index is 212. The van der Waals surface area contributed by atoms with Crippen molar-refractivity contribution in [1.82, 2.24) is 10.6 Å². The van der Waals surface area contributed by atoms with E-state index in [0.717, 1.165) is 25.9 Å². The summed E-state index contributed by atoms with van der Waals surface area (Å²) in [4.78, 5) is 11.6. The lowest BCUT2D eigenvalue weighted by molar-refractivity contribution is -0.122. The van der Waals surface area contributed by atoms with Gasteiger partial charge < -0.3 is 10.6 Å². The molecule has 0 aromatic carbocycles. The van der Waals surface area contributed by atoms with Crippen molar-refractivity contribution in [2.75, 3.05) is 13.1 Å². The first-order valence-electron chi connectivity index (χ1n) is 6.20. The summed E-state index contributed by atoms with van der Waals surface area (Å²) in [6.45, 7) is 9.85. The molecule has 0 heterocycles. The second kappa shape index (κ2) is 9.40. The minimum atomic E-state index is -0.0996. The van der Waals surface area contributed by atoms with Crippen molar-refractivity contribution in [2.24, 2.45) is 5.92 Å². The van der Waals surface area contributed by atoms with Gasteiger partial charge in [0.1, 0.15) is 0 Å². The van der Waals surface area contributed by atoms with E-state index in [9.17, 15) is 4.79 Å². The van der Waals surface area contributed by atoms with Crippen LogP contribution in [0.1, 0.15) is 40.5 Å². The van der Waals surface area contributed by atoms with Crippen molar-refractivity contribution < 1.29 is 4.79 Å². The van der Waals surface area contributed by atoms with Crippen molar-refractivity contribution in [3.05, 3.63) is 12.2 Å². The van der Waals surface area contributed by atoms with Crippen LogP contribution in [0.3, 0.4) is 0 Å². The highest BCUT2D eigenvalue weighted by Gasteiger charge is 2.10. The van der Waals surface area contributed by atoms with Gasteiger partial charge >= 0.3 is 0 Å². The van der Waals surface area contributed by atoms with Gasteiger partial charge in [0.05, 0.1) is 6.04 Å². The lowest BCUT2D eigenvalue weighted by atomic mass is 10.1. The van der Waals surface area contributed by atoms with Gasteiger partial charge in [0, 0.05) is 6.54 Å². The molecule has 1 amide bonds. The molecule has 3 nitrogen and oxygen atoms in total. The van der Waals surface area contributed by atoms with Crippen molar-refractivity contribution >= 4 is 5.91 Å². The number of rotatable bonds is 8. The van der Waals surface area contributed by atoms with Gasteiger partial charge in [-0.05, 0) is 39.2 Å². The smallest absolute Gasteiger partial charge is 0.236 e. The summed E-state index contributed by atoms with van der Waals surface area (Å²) in [5.74, 6) is 0.736. The highest BCUT2D eigenvalue weighted by molar-refractivity contribution is 5.81. The average Bonchev–Trinajstić information content (AvgIpc) is 2.23. The van der Waals surface area contributed by atoms with Crippen molar-refractivity contribution in [2.45, 2.75) is 46.6 Å². The minimum Gasteiger partial charge on any atom is -0.355 e. The second-order valence-corrected chi connectivity index (χ2v) is 4.51. The number of allylic oxidation sites excluding steroid dienone is 1. The first-order valence-corrected chi connectivity index (χ1v) is 6.20. The summed E-state index contributed by atoms with van der Waals surface area (Å²) in [6, 6.07) is -0.0996. The molecule has 0 fully saturated rings. The van der Waals surface area contributed by atoms with E-state index in [2.05, 4.69) is 30.6 Å². The van der Waals surface area contributed by atoms with Crippen molar-refractivity contribution in [3.8, 4) is 0 Å². The maximum Gasteiger partial charge on any atom is 0.236 e. The second-order valence-electron chi connectivity index (χ2n) is 4.51. The Kier molecular flexibility index (Phi) is 8.91. The van der Waals surface area contributed by atoms with Gasteiger partial charge in [-0.1, -0.05) is 26.0 Å². The Morgan fingerprint density at radius 2 is 1.94 bits per heavy atom. The van der Waals surface area contributed by atoms with Gasteiger partial charge in [0.25, 0.3) is 0 Å². The molecule has 2 N–H and O–H groups in total. The topological polar surface area (TPSA) is 41.1 Å². The van der Waals surface area contributed by atoms with Crippen LogP contribution in [0.25, 0.3) is 0 Å². The van der Waals surface area contributed by atoms with E-state index in [1.807, 2.05) is 19.9 Å². The van der Waals surface area contributed by atoms with E-state index in [1.54, 1.807) is 0 Å². The van der Waals surface area contributed by atoms with Crippen LogP contribution in [0.4, 0.5) is 0 Å². The molecular formula is C13H26N2O. The molecule has 94 valence electrons. The SMILES string of the molecule is C/C=C/CCNC(C)C(=O)NCCC(C)C. The molecule has 0 radical (unpaired) electrons. The molecule has 0 aliphatic rings. The van der Waals surface area contributed by atoms with Crippen LogP contribution >= 0.6 is 0 Å². The molecule has 0 saturated carbocycles. The predicted molar refractivity (Wildman–Crippen MR) is 69.4 cm³/mol. The van der Waals surface area contributed by atoms with Gasteiger partial charge in [0.2, 0.25) is 5.91 Å². The molecule has 0 saturated heterocycles. The number of carbonyl (C=O) groups is 1. The number of carbonyl (C=O) groups excluding carboxylic acids is 1. The van der Waals surface area contributed by atoms with Crippen LogP contribution in [0.5, 0.6) is 0 Å². The molecule has 0 spiro atoms. The van der Waals surface area contributed by atoms with Gasteiger partial charge in [-0.2, -0.15) is 0 Å². The van der Waals surface area contributed by atoms with Gasteiger partial charge in [0.15, 0.2) is 0 Å². The maximum absolute atomic E-state index is 11.6. The van der Waals surface area contributed by atoms with E-state index in [0.29, 0.717) is 5.92 Å². The highest BCUT2D eigenvalue weighted by atomic mass is 16.2. The molecule has 0 aromatic heterocycles. The number of nitrogens with one attached hydrogen (secondary N) is 2. The largest absolute Gasteiger partial charge is 0.355 e. The summed E-state index contributed by atoms with van der Waals surface area (Å²) < 4.78 is 0. The molecule has 3 heteroatoms. The molecule has 1 unspecified atom stereocenters. The van der Waals surface area contributed by atoms with Crippen LogP contribution in [-0.4, -0.2) is 25.0 Å². The molecule has 1 atom stereocenters. The number of hydrogen-bond acceptors (Lipinski definition) is 2.